The Labute approximate surface area is 164 Å². The average Bonchev–Trinajstić information content (AvgIpc) is 2.70. The van der Waals surface area contributed by atoms with Crippen LogP contribution >= 0.6 is 0 Å². The molecule has 0 atom stereocenters. The molecule has 2 aromatic carbocycles. The molecule has 0 radical (unpaired) electrons. The number of benzene rings is 2. The van der Waals surface area contributed by atoms with Crippen molar-refractivity contribution in [1.82, 2.24) is 4.90 Å². The fraction of sp³-hybridized carbons (Fsp3) is 0.300. The Morgan fingerprint density at radius 1 is 0.966 bits per heavy atom. The van der Waals surface area contributed by atoms with Crippen LogP contribution in [0, 0.1) is 29.2 Å². The first-order chi connectivity index (χ1) is 13.8. The normalized spacial score (nSPS) is 15.2. The second-order valence-corrected chi connectivity index (χ2v) is 6.95. The Hall–Kier alpha value is -2.94. The second-order valence-electron chi connectivity index (χ2n) is 6.95. The first-order valence-electron chi connectivity index (χ1n) is 9.00. The molecule has 1 heterocycles. The van der Waals surface area contributed by atoms with Crippen molar-refractivity contribution in [3.8, 4) is 0 Å². The van der Waals surface area contributed by atoms with Crippen molar-refractivity contribution in [2.45, 2.75) is 12.8 Å². The number of urea groups is 1. The molecule has 0 aromatic heterocycles. The van der Waals surface area contributed by atoms with E-state index in [-0.39, 0.29) is 17.4 Å². The number of nitrogens with zero attached hydrogens (tertiary/aromatic N) is 1. The summed E-state index contributed by atoms with van der Waals surface area (Å²) in [5, 5.41) is 4.28. The van der Waals surface area contributed by atoms with Gasteiger partial charge in [-0.25, -0.2) is 22.4 Å². The van der Waals surface area contributed by atoms with Crippen LogP contribution in [0.5, 0.6) is 0 Å². The number of rotatable bonds is 4. The quantitative estimate of drug-likeness (QED) is 0.340. The molecule has 2 amide bonds. The van der Waals surface area contributed by atoms with E-state index >= 15 is 0 Å². The fourth-order valence-corrected chi connectivity index (χ4v) is 3.21. The van der Waals surface area contributed by atoms with E-state index in [4.69, 9.17) is 0 Å². The first kappa shape index (κ1) is 20.8. The summed E-state index contributed by atoms with van der Waals surface area (Å²) in [7, 11) is 1.99. The zero-order valence-corrected chi connectivity index (χ0v) is 15.6. The van der Waals surface area contributed by atoms with Crippen LogP contribution in [0.2, 0.25) is 0 Å². The SMILES string of the molecule is CN1CCC(C(=O)c2cccc(NC(=O)Nc3cc(F)c(F)c(F)c3F)c2)CC1. The van der Waals surface area contributed by atoms with Crippen molar-refractivity contribution in [1.29, 1.82) is 0 Å². The third-order valence-electron chi connectivity index (χ3n) is 4.85. The molecule has 1 saturated heterocycles. The molecule has 3 rings (SSSR count). The van der Waals surface area contributed by atoms with E-state index in [1.807, 2.05) is 12.4 Å². The van der Waals surface area contributed by atoms with Crippen molar-refractivity contribution in [3.63, 3.8) is 0 Å². The minimum atomic E-state index is -2.02. The maximum atomic E-state index is 13.7. The van der Waals surface area contributed by atoms with Crippen LogP contribution in [-0.4, -0.2) is 36.9 Å². The summed E-state index contributed by atoms with van der Waals surface area (Å²) in [5.41, 5.74) is -0.190. The van der Waals surface area contributed by atoms with Gasteiger partial charge in [-0.2, -0.15) is 0 Å². The highest BCUT2D eigenvalue weighted by Crippen LogP contribution is 2.24. The monoisotopic (exact) mass is 409 g/mol. The predicted octanol–water partition coefficient (Wildman–Crippen LogP) is 4.41. The predicted molar refractivity (Wildman–Crippen MR) is 99.9 cm³/mol. The number of ketones is 1. The number of carbonyl (C=O) groups excluding carboxylic acids is 2. The Morgan fingerprint density at radius 2 is 1.66 bits per heavy atom. The van der Waals surface area contributed by atoms with Gasteiger partial charge in [0.15, 0.2) is 29.1 Å². The van der Waals surface area contributed by atoms with Gasteiger partial charge in [0.2, 0.25) is 0 Å². The second kappa shape index (κ2) is 8.60. The van der Waals surface area contributed by atoms with E-state index < -0.39 is 35.0 Å². The molecule has 2 N–H and O–H groups in total. The summed E-state index contributed by atoms with van der Waals surface area (Å²) >= 11 is 0. The van der Waals surface area contributed by atoms with Gasteiger partial charge in [-0.3, -0.25) is 4.79 Å². The van der Waals surface area contributed by atoms with E-state index in [1.165, 1.54) is 12.1 Å². The highest BCUT2D eigenvalue weighted by atomic mass is 19.2. The zero-order chi connectivity index (χ0) is 21.1. The smallest absolute Gasteiger partial charge is 0.308 e. The van der Waals surface area contributed by atoms with Gasteiger partial charge in [0, 0.05) is 23.2 Å². The lowest BCUT2D eigenvalue weighted by molar-refractivity contribution is 0.0857. The molecule has 0 saturated carbocycles. The lowest BCUT2D eigenvalue weighted by atomic mass is 9.89. The number of likely N-dealkylation sites (tertiary alicyclic amines) is 1. The number of amides is 2. The van der Waals surface area contributed by atoms with E-state index in [0.29, 0.717) is 11.6 Å². The molecule has 0 aliphatic carbocycles. The third-order valence-corrected chi connectivity index (χ3v) is 4.85. The van der Waals surface area contributed by atoms with E-state index in [9.17, 15) is 27.2 Å². The number of hydrogen-bond acceptors (Lipinski definition) is 3. The van der Waals surface area contributed by atoms with Crippen LogP contribution < -0.4 is 10.6 Å². The molecule has 5 nitrogen and oxygen atoms in total. The van der Waals surface area contributed by atoms with Crippen LogP contribution in [0.15, 0.2) is 30.3 Å². The summed E-state index contributed by atoms with van der Waals surface area (Å²) in [6.07, 6.45) is 1.49. The molecule has 29 heavy (non-hydrogen) atoms. The van der Waals surface area contributed by atoms with Crippen molar-refractivity contribution >= 4 is 23.2 Å². The van der Waals surface area contributed by atoms with E-state index in [1.54, 1.807) is 12.1 Å². The number of piperidine rings is 1. The largest absolute Gasteiger partial charge is 0.323 e. The van der Waals surface area contributed by atoms with Crippen molar-refractivity contribution in [3.05, 3.63) is 59.2 Å². The van der Waals surface area contributed by atoms with Crippen molar-refractivity contribution in [2.75, 3.05) is 30.8 Å². The number of nitrogens with one attached hydrogen (secondary N) is 2. The summed E-state index contributed by atoms with van der Waals surface area (Å²) in [4.78, 5) is 26.9. The summed E-state index contributed by atoms with van der Waals surface area (Å²) in [6.45, 7) is 1.65. The van der Waals surface area contributed by atoms with Gasteiger partial charge >= 0.3 is 6.03 Å². The number of hydrogen-bond donors (Lipinski definition) is 2. The number of halogens is 4. The van der Waals surface area contributed by atoms with E-state index in [0.717, 1.165) is 25.9 Å². The lowest BCUT2D eigenvalue weighted by Gasteiger charge is -2.28. The standard InChI is InChI=1S/C20H19F4N3O2/c1-27-7-5-11(6-8-27)19(28)12-3-2-4-13(9-12)25-20(29)26-15-10-14(21)16(22)18(24)17(15)23/h2-4,9-11H,5-8H2,1H3,(H2,25,26,29). The lowest BCUT2D eigenvalue weighted by Crippen LogP contribution is -2.33. The molecule has 1 aliphatic rings. The van der Waals surface area contributed by atoms with Gasteiger partial charge in [0.1, 0.15) is 0 Å². The molecular formula is C20H19F4N3O2. The highest BCUT2D eigenvalue weighted by molar-refractivity contribution is 6.02. The summed E-state index contributed by atoms with van der Waals surface area (Å²) < 4.78 is 53.2. The summed E-state index contributed by atoms with van der Waals surface area (Å²) in [6, 6.07) is 5.53. The summed E-state index contributed by atoms with van der Waals surface area (Å²) in [5.74, 6) is -7.47. The zero-order valence-electron chi connectivity index (χ0n) is 15.6. The number of anilines is 2. The van der Waals surface area contributed by atoms with Gasteiger partial charge in [0.25, 0.3) is 0 Å². The van der Waals surface area contributed by atoms with Gasteiger partial charge in [-0.15, -0.1) is 0 Å². The molecule has 0 bridgehead atoms. The Kier molecular flexibility index (Phi) is 6.17. The van der Waals surface area contributed by atoms with Gasteiger partial charge in [-0.1, -0.05) is 12.1 Å². The maximum Gasteiger partial charge on any atom is 0.323 e. The van der Waals surface area contributed by atoms with Crippen LogP contribution in [-0.2, 0) is 0 Å². The molecule has 154 valence electrons. The minimum absolute atomic E-state index is 0.0316. The molecule has 2 aromatic rings. The Bertz CT molecular complexity index is 944. The van der Waals surface area contributed by atoms with Crippen LogP contribution in [0.4, 0.5) is 33.7 Å². The minimum Gasteiger partial charge on any atom is -0.308 e. The molecular weight excluding hydrogens is 390 g/mol. The van der Waals surface area contributed by atoms with Crippen molar-refractivity contribution < 1.29 is 27.2 Å². The number of Topliss-reactive ketones (excluding diaryl/α,β-unsaturated/α-hetero) is 1. The van der Waals surface area contributed by atoms with Crippen molar-refractivity contribution in [2.24, 2.45) is 5.92 Å². The molecule has 0 unspecified atom stereocenters. The molecule has 1 aliphatic heterocycles. The van der Waals surface area contributed by atoms with Gasteiger partial charge < -0.3 is 15.5 Å². The number of carbonyl (C=O) groups is 2. The topological polar surface area (TPSA) is 61.4 Å². The molecule has 9 heteroatoms. The molecule has 1 fully saturated rings. The van der Waals surface area contributed by atoms with Crippen LogP contribution in [0.25, 0.3) is 0 Å². The first-order valence-corrected chi connectivity index (χ1v) is 9.00. The molecule has 0 spiro atoms. The van der Waals surface area contributed by atoms with Gasteiger partial charge in [0.05, 0.1) is 5.69 Å². The third kappa shape index (κ3) is 4.73. The van der Waals surface area contributed by atoms with E-state index in [2.05, 4.69) is 10.2 Å². The maximum absolute atomic E-state index is 13.7. The van der Waals surface area contributed by atoms with Gasteiger partial charge in [-0.05, 0) is 45.1 Å². The van der Waals surface area contributed by atoms with Crippen LogP contribution in [0.1, 0.15) is 23.2 Å². The van der Waals surface area contributed by atoms with Crippen LogP contribution in [0.3, 0.4) is 0 Å². The Balaban J connectivity index is 1.69. The fourth-order valence-electron chi connectivity index (χ4n) is 3.21. The highest BCUT2D eigenvalue weighted by Gasteiger charge is 2.25. The average molecular weight is 409 g/mol. The Morgan fingerprint density at radius 3 is 2.34 bits per heavy atom.